The molecule has 0 aliphatic heterocycles. The van der Waals surface area contributed by atoms with Crippen molar-refractivity contribution >= 4 is 15.9 Å². The molecule has 2 aromatic carbocycles. The molecule has 1 N–H and O–H groups in total. The molecule has 2 aromatic rings. The Morgan fingerprint density at radius 3 is 2.45 bits per heavy atom. The molecule has 0 heterocycles. The van der Waals surface area contributed by atoms with Gasteiger partial charge in [-0.1, -0.05) is 41.1 Å². The number of halogens is 3. The van der Waals surface area contributed by atoms with E-state index in [2.05, 4.69) is 28.2 Å². The Kier molecular flexibility index (Phi) is 5.26. The highest BCUT2D eigenvalue weighted by Gasteiger charge is 2.15. The lowest BCUT2D eigenvalue weighted by atomic mass is 9.98. The van der Waals surface area contributed by atoms with Crippen LogP contribution in [0.15, 0.2) is 46.9 Å². The second-order valence-corrected chi connectivity index (χ2v) is 5.53. The minimum Gasteiger partial charge on any atom is -0.306 e. The van der Waals surface area contributed by atoms with Crippen molar-refractivity contribution in [3.63, 3.8) is 0 Å². The molecule has 0 saturated carbocycles. The number of hydrogen-bond acceptors (Lipinski definition) is 1. The smallest absolute Gasteiger partial charge is 0.159 e. The summed E-state index contributed by atoms with van der Waals surface area (Å²) in [6.07, 6.45) is 0.966. The largest absolute Gasteiger partial charge is 0.306 e. The average molecular weight is 340 g/mol. The zero-order valence-electron chi connectivity index (χ0n) is 11.2. The molecule has 0 bridgehead atoms. The zero-order valence-corrected chi connectivity index (χ0v) is 12.8. The van der Waals surface area contributed by atoms with Gasteiger partial charge in [0.1, 0.15) is 0 Å². The fourth-order valence-electron chi connectivity index (χ4n) is 2.09. The summed E-state index contributed by atoms with van der Waals surface area (Å²) in [4.78, 5) is 0. The minimum absolute atomic E-state index is 0.150. The van der Waals surface area contributed by atoms with E-state index in [0.717, 1.165) is 28.6 Å². The molecule has 20 heavy (non-hydrogen) atoms. The molecule has 0 saturated heterocycles. The molecule has 0 amide bonds. The van der Waals surface area contributed by atoms with Gasteiger partial charge in [-0.2, -0.15) is 0 Å². The standard InChI is InChI=1S/C16H16BrF2N/c1-2-8-20-16(11-4-3-5-13(17)9-11)12-6-7-14(18)15(19)10-12/h3-7,9-10,16,20H,2,8H2,1H3. The first-order valence-electron chi connectivity index (χ1n) is 6.55. The third-order valence-corrected chi connectivity index (χ3v) is 3.55. The van der Waals surface area contributed by atoms with Gasteiger partial charge in [-0.15, -0.1) is 0 Å². The van der Waals surface area contributed by atoms with Crippen LogP contribution in [0.5, 0.6) is 0 Å². The van der Waals surface area contributed by atoms with Crippen LogP contribution in [0.2, 0.25) is 0 Å². The lowest BCUT2D eigenvalue weighted by Crippen LogP contribution is -2.23. The van der Waals surface area contributed by atoms with Crippen molar-refractivity contribution in [2.45, 2.75) is 19.4 Å². The Morgan fingerprint density at radius 2 is 1.80 bits per heavy atom. The van der Waals surface area contributed by atoms with Crippen LogP contribution < -0.4 is 5.32 Å². The van der Waals surface area contributed by atoms with E-state index in [0.29, 0.717) is 0 Å². The lowest BCUT2D eigenvalue weighted by molar-refractivity contribution is 0.503. The average Bonchev–Trinajstić information content (AvgIpc) is 2.43. The quantitative estimate of drug-likeness (QED) is 0.823. The van der Waals surface area contributed by atoms with Gasteiger partial charge in [-0.05, 0) is 48.4 Å². The highest BCUT2D eigenvalue weighted by molar-refractivity contribution is 9.10. The Hall–Kier alpha value is -1.26. The third kappa shape index (κ3) is 3.64. The summed E-state index contributed by atoms with van der Waals surface area (Å²) in [5.74, 6) is -1.64. The van der Waals surface area contributed by atoms with Gasteiger partial charge < -0.3 is 5.32 Å². The van der Waals surface area contributed by atoms with Gasteiger partial charge in [-0.3, -0.25) is 0 Å². The molecular formula is C16H16BrF2N. The molecule has 0 aromatic heterocycles. The molecule has 106 valence electrons. The van der Waals surface area contributed by atoms with Gasteiger partial charge in [0.05, 0.1) is 6.04 Å². The molecule has 0 aliphatic rings. The highest BCUT2D eigenvalue weighted by Crippen LogP contribution is 2.25. The molecule has 1 atom stereocenters. The molecule has 0 spiro atoms. The summed E-state index contributed by atoms with van der Waals surface area (Å²) in [5.41, 5.74) is 1.73. The SMILES string of the molecule is CCCNC(c1cccc(Br)c1)c1ccc(F)c(F)c1. The monoisotopic (exact) mass is 339 g/mol. The van der Waals surface area contributed by atoms with Crippen molar-refractivity contribution in [3.05, 3.63) is 69.7 Å². The minimum atomic E-state index is -0.822. The van der Waals surface area contributed by atoms with Crippen LogP contribution in [0.1, 0.15) is 30.5 Å². The molecule has 2 rings (SSSR count). The molecule has 1 unspecified atom stereocenters. The van der Waals surface area contributed by atoms with E-state index < -0.39 is 11.6 Å². The van der Waals surface area contributed by atoms with E-state index in [-0.39, 0.29) is 6.04 Å². The van der Waals surface area contributed by atoms with E-state index in [1.54, 1.807) is 6.07 Å². The predicted molar refractivity (Wildman–Crippen MR) is 80.6 cm³/mol. The van der Waals surface area contributed by atoms with Crippen molar-refractivity contribution in [2.75, 3.05) is 6.54 Å². The summed E-state index contributed by atoms with van der Waals surface area (Å²) in [5, 5.41) is 3.37. The summed E-state index contributed by atoms with van der Waals surface area (Å²) in [6.45, 7) is 2.87. The number of nitrogens with one attached hydrogen (secondary N) is 1. The predicted octanol–water partition coefficient (Wildman–Crippen LogP) is 4.82. The Balaban J connectivity index is 2.38. The Labute approximate surface area is 126 Å². The van der Waals surface area contributed by atoms with Crippen molar-refractivity contribution < 1.29 is 8.78 Å². The molecule has 0 fully saturated rings. The summed E-state index contributed by atoms with van der Waals surface area (Å²) in [6, 6.07) is 11.7. The number of rotatable bonds is 5. The van der Waals surface area contributed by atoms with Crippen LogP contribution in [-0.2, 0) is 0 Å². The van der Waals surface area contributed by atoms with Crippen molar-refractivity contribution in [3.8, 4) is 0 Å². The van der Waals surface area contributed by atoms with E-state index in [1.807, 2.05) is 24.3 Å². The molecular weight excluding hydrogens is 324 g/mol. The van der Waals surface area contributed by atoms with Crippen LogP contribution in [-0.4, -0.2) is 6.54 Å². The summed E-state index contributed by atoms with van der Waals surface area (Å²) in [7, 11) is 0. The fourth-order valence-corrected chi connectivity index (χ4v) is 2.51. The van der Waals surface area contributed by atoms with Gasteiger partial charge in [0.25, 0.3) is 0 Å². The zero-order chi connectivity index (χ0) is 14.5. The van der Waals surface area contributed by atoms with E-state index in [9.17, 15) is 8.78 Å². The van der Waals surface area contributed by atoms with Gasteiger partial charge in [-0.25, -0.2) is 8.78 Å². The van der Waals surface area contributed by atoms with Crippen molar-refractivity contribution in [1.82, 2.24) is 5.32 Å². The first kappa shape index (κ1) is 15.1. The first-order valence-corrected chi connectivity index (χ1v) is 7.35. The van der Waals surface area contributed by atoms with Crippen LogP contribution in [0, 0.1) is 11.6 Å². The van der Waals surface area contributed by atoms with Crippen LogP contribution in [0.4, 0.5) is 8.78 Å². The maximum Gasteiger partial charge on any atom is 0.159 e. The van der Waals surface area contributed by atoms with Crippen molar-refractivity contribution in [2.24, 2.45) is 0 Å². The highest BCUT2D eigenvalue weighted by atomic mass is 79.9. The van der Waals surface area contributed by atoms with E-state index in [1.165, 1.54) is 12.1 Å². The molecule has 0 radical (unpaired) electrons. The van der Waals surface area contributed by atoms with Gasteiger partial charge in [0.15, 0.2) is 11.6 Å². The maximum absolute atomic E-state index is 13.4. The number of benzene rings is 2. The molecule has 4 heteroatoms. The maximum atomic E-state index is 13.4. The van der Waals surface area contributed by atoms with Crippen molar-refractivity contribution in [1.29, 1.82) is 0 Å². The van der Waals surface area contributed by atoms with E-state index >= 15 is 0 Å². The third-order valence-electron chi connectivity index (χ3n) is 3.06. The molecule has 1 nitrogen and oxygen atoms in total. The molecule has 0 aliphatic carbocycles. The van der Waals surface area contributed by atoms with Gasteiger partial charge in [0.2, 0.25) is 0 Å². The second-order valence-electron chi connectivity index (χ2n) is 4.62. The van der Waals surface area contributed by atoms with Crippen LogP contribution in [0.25, 0.3) is 0 Å². The lowest BCUT2D eigenvalue weighted by Gasteiger charge is -2.20. The fraction of sp³-hybridized carbons (Fsp3) is 0.250. The van der Waals surface area contributed by atoms with Crippen LogP contribution in [0.3, 0.4) is 0 Å². The van der Waals surface area contributed by atoms with Gasteiger partial charge >= 0.3 is 0 Å². The van der Waals surface area contributed by atoms with Gasteiger partial charge in [0, 0.05) is 4.47 Å². The Bertz CT molecular complexity index is 586. The normalized spacial score (nSPS) is 12.4. The summed E-state index contributed by atoms with van der Waals surface area (Å²) >= 11 is 3.44. The topological polar surface area (TPSA) is 12.0 Å². The number of hydrogen-bond donors (Lipinski definition) is 1. The van der Waals surface area contributed by atoms with Crippen LogP contribution >= 0.6 is 15.9 Å². The Morgan fingerprint density at radius 1 is 1.05 bits per heavy atom. The summed E-state index contributed by atoms with van der Waals surface area (Å²) < 4.78 is 27.5. The van der Waals surface area contributed by atoms with E-state index in [4.69, 9.17) is 0 Å². The second kappa shape index (κ2) is 6.95. The first-order chi connectivity index (χ1) is 9.61.